The molecular formula is C16H25N3. The van der Waals surface area contributed by atoms with E-state index in [4.69, 9.17) is 5.73 Å². The highest BCUT2D eigenvalue weighted by atomic mass is 15.3. The van der Waals surface area contributed by atoms with Gasteiger partial charge in [-0.15, -0.1) is 0 Å². The van der Waals surface area contributed by atoms with Crippen molar-refractivity contribution in [3.8, 4) is 0 Å². The fraction of sp³-hybridized carbons (Fsp3) is 0.625. The molecule has 0 atom stereocenters. The molecule has 3 heteroatoms. The second-order valence-corrected chi connectivity index (χ2v) is 6.10. The van der Waals surface area contributed by atoms with E-state index in [2.05, 4.69) is 41.0 Å². The van der Waals surface area contributed by atoms with Gasteiger partial charge in [-0.25, -0.2) is 0 Å². The zero-order valence-corrected chi connectivity index (χ0v) is 11.9. The molecule has 0 aromatic heterocycles. The molecule has 0 bridgehead atoms. The van der Waals surface area contributed by atoms with Gasteiger partial charge in [0.25, 0.3) is 0 Å². The first-order chi connectivity index (χ1) is 9.23. The summed E-state index contributed by atoms with van der Waals surface area (Å²) in [5, 5.41) is 0. The number of hydrogen-bond acceptors (Lipinski definition) is 3. The van der Waals surface area contributed by atoms with E-state index in [0.29, 0.717) is 5.54 Å². The minimum atomic E-state index is 0.346. The second-order valence-electron chi connectivity index (χ2n) is 6.10. The predicted molar refractivity (Wildman–Crippen MR) is 80.6 cm³/mol. The highest BCUT2D eigenvalue weighted by Gasteiger charge is 2.42. The Morgan fingerprint density at radius 1 is 1.16 bits per heavy atom. The predicted octanol–water partition coefficient (Wildman–Crippen LogP) is 2.00. The Bertz CT molecular complexity index is 426. The summed E-state index contributed by atoms with van der Waals surface area (Å²) in [5.74, 6) is 0. The zero-order valence-electron chi connectivity index (χ0n) is 11.9. The molecule has 1 saturated carbocycles. The van der Waals surface area contributed by atoms with Crippen molar-refractivity contribution in [2.45, 2.75) is 31.7 Å². The molecule has 0 spiro atoms. The molecule has 1 aliphatic carbocycles. The lowest BCUT2D eigenvalue weighted by molar-refractivity contribution is 0.0192. The summed E-state index contributed by atoms with van der Waals surface area (Å²) < 4.78 is 0. The average molecular weight is 259 g/mol. The first kappa shape index (κ1) is 12.9. The topological polar surface area (TPSA) is 32.5 Å². The van der Waals surface area contributed by atoms with Crippen LogP contribution in [0.25, 0.3) is 0 Å². The van der Waals surface area contributed by atoms with Gasteiger partial charge in [0.15, 0.2) is 0 Å². The third kappa shape index (κ3) is 2.37. The van der Waals surface area contributed by atoms with Crippen molar-refractivity contribution in [2.75, 3.05) is 37.6 Å². The van der Waals surface area contributed by atoms with Crippen molar-refractivity contribution in [3.05, 3.63) is 29.8 Å². The molecule has 19 heavy (non-hydrogen) atoms. The second kappa shape index (κ2) is 5.14. The summed E-state index contributed by atoms with van der Waals surface area (Å²) in [6.45, 7) is 7.57. The smallest absolute Gasteiger partial charge is 0.0369 e. The van der Waals surface area contributed by atoms with Crippen LogP contribution in [-0.2, 0) is 0 Å². The normalized spacial score (nSPS) is 23.2. The lowest BCUT2D eigenvalue weighted by atomic mass is 9.75. The lowest BCUT2D eigenvalue weighted by Gasteiger charge is -2.53. The molecule has 3 rings (SSSR count). The van der Waals surface area contributed by atoms with E-state index in [1.54, 1.807) is 0 Å². The highest BCUT2D eigenvalue weighted by molar-refractivity contribution is 5.48. The van der Waals surface area contributed by atoms with Gasteiger partial charge < -0.3 is 10.6 Å². The molecule has 1 aliphatic heterocycles. The highest BCUT2D eigenvalue weighted by Crippen LogP contribution is 2.37. The minimum Gasteiger partial charge on any atom is -0.369 e. The maximum Gasteiger partial charge on any atom is 0.0369 e. The van der Waals surface area contributed by atoms with Crippen LogP contribution in [0.4, 0.5) is 5.69 Å². The molecular weight excluding hydrogens is 234 g/mol. The minimum absolute atomic E-state index is 0.346. The zero-order chi connectivity index (χ0) is 13.3. The summed E-state index contributed by atoms with van der Waals surface area (Å²) >= 11 is 0. The fourth-order valence-corrected chi connectivity index (χ4v) is 3.50. The molecule has 2 aliphatic rings. The molecule has 104 valence electrons. The summed E-state index contributed by atoms with van der Waals surface area (Å²) in [4.78, 5) is 5.15. The van der Waals surface area contributed by atoms with Crippen LogP contribution in [0.3, 0.4) is 0 Å². The van der Waals surface area contributed by atoms with Gasteiger partial charge in [-0.2, -0.15) is 0 Å². The van der Waals surface area contributed by atoms with Crippen molar-refractivity contribution < 1.29 is 0 Å². The van der Waals surface area contributed by atoms with Crippen LogP contribution >= 0.6 is 0 Å². The summed E-state index contributed by atoms with van der Waals surface area (Å²) in [7, 11) is 0. The number of nitrogens with zero attached hydrogens (tertiary/aromatic N) is 2. The van der Waals surface area contributed by atoms with E-state index in [0.717, 1.165) is 32.7 Å². The molecule has 1 aromatic rings. The molecule has 0 radical (unpaired) electrons. The average Bonchev–Trinajstić information content (AvgIpc) is 2.39. The van der Waals surface area contributed by atoms with Crippen LogP contribution in [-0.4, -0.2) is 43.2 Å². The largest absolute Gasteiger partial charge is 0.369 e. The quantitative estimate of drug-likeness (QED) is 0.901. The molecule has 2 fully saturated rings. The fourth-order valence-electron chi connectivity index (χ4n) is 3.50. The maximum atomic E-state index is 6.01. The number of rotatable bonds is 3. The van der Waals surface area contributed by atoms with Gasteiger partial charge in [-0.3, -0.25) is 4.90 Å². The Kier molecular flexibility index (Phi) is 3.50. The van der Waals surface area contributed by atoms with Crippen LogP contribution in [0.5, 0.6) is 0 Å². The summed E-state index contributed by atoms with van der Waals surface area (Å²) in [6, 6.07) is 8.84. The number of benzene rings is 1. The van der Waals surface area contributed by atoms with Crippen LogP contribution in [0.1, 0.15) is 24.8 Å². The Labute approximate surface area is 116 Å². The Hall–Kier alpha value is -1.06. The van der Waals surface area contributed by atoms with Crippen molar-refractivity contribution in [2.24, 2.45) is 5.73 Å². The standard InChI is InChI=1S/C16H25N3/c1-14-4-2-5-15(12-14)18-8-10-19(11-9-18)16(13-17)6-3-7-16/h2,4-5,12H,3,6-11,13,17H2,1H3. The van der Waals surface area contributed by atoms with Crippen molar-refractivity contribution in [1.29, 1.82) is 0 Å². The van der Waals surface area contributed by atoms with Gasteiger partial charge in [0, 0.05) is 44.0 Å². The van der Waals surface area contributed by atoms with Gasteiger partial charge >= 0.3 is 0 Å². The Balaban J connectivity index is 1.63. The molecule has 0 amide bonds. The third-order valence-corrected chi connectivity index (χ3v) is 4.98. The molecule has 2 N–H and O–H groups in total. The summed E-state index contributed by atoms with van der Waals surface area (Å²) in [5.41, 5.74) is 9.07. The molecule has 0 unspecified atom stereocenters. The van der Waals surface area contributed by atoms with Gasteiger partial charge in [0.05, 0.1) is 0 Å². The van der Waals surface area contributed by atoms with Crippen molar-refractivity contribution >= 4 is 5.69 Å². The first-order valence-electron chi connectivity index (χ1n) is 7.50. The molecule has 1 saturated heterocycles. The van der Waals surface area contributed by atoms with E-state index in [9.17, 15) is 0 Å². The number of anilines is 1. The monoisotopic (exact) mass is 259 g/mol. The van der Waals surface area contributed by atoms with Crippen LogP contribution in [0, 0.1) is 6.92 Å². The van der Waals surface area contributed by atoms with E-state index in [-0.39, 0.29) is 0 Å². The van der Waals surface area contributed by atoms with Gasteiger partial charge in [-0.05, 0) is 43.9 Å². The van der Waals surface area contributed by atoms with E-state index < -0.39 is 0 Å². The number of nitrogens with two attached hydrogens (primary N) is 1. The molecule has 1 heterocycles. The third-order valence-electron chi connectivity index (χ3n) is 4.98. The molecule has 3 nitrogen and oxygen atoms in total. The number of hydrogen-bond donors (Lipinski definition) is 1. The van der Waals surface area contributed by atoms with Crippen LogP contribution in [0.2, 0.25) is 0 Å². The lowest BCUT2D eigenvalue weighted by Crippen LogP contribution is -2.63. The summed E-state index contributed by atoms with van der Waals surface area (Å²) in [6.07, 6.45) is 3.96. The van der Waals surface area contributed by atoms with E-state index >= 15 is 0 Å². The number of piperazine rings is 1. The van der Waals surface area contributed by atoms with Gasteiger partial charge in [0.2, 0.25) is 0 Å². The van der Waals surface area contributed by atoms with E-state index in [1.165, 1.54) is 30.5 Å². The van der Waals surface area contributed by atoms with Gasteiger partial charge in [0.1, 0.15) is 0 Å². The SMILES string of the molecule is Cc1cccc(N2CCN(C3(CN)CCC3)CC2)c1. The van der Waals surface area contributed by atoms with E-state index in [1.807, 2.05) is 0 Å². The van der Waals surface area contributed by atoms with Crippen LogP contribution < -0.4 is 10.6 Å². The van der Waals surface area contributed by atoms with Crippen molar-refractivity contribution in [3.63, 3.8) is 0 Å². The Morgan fingerprint density at radius 3 is 2.42 bits per heavy atom. The number of aryl methyl sites for hydroxylation is 1. The maximum absolute atomic E-state index is 6.01. The molecule has 1 aromatic carbocycles. The Morgan fingerprint density at radius 2 is 1.89 bits per heavy atom. The van der Waals surface area contributed by atoms with Crippen LogP contribution in [0.15, 0.2) is 24.3 Å². The van der Waals surface area contributed by atoms with Crippen molar-refractivity contribution in [1.82, 2.24) is 4.90 Å². The first-order valence-corrected chi connectivity index (χ1v) is 7.50. The van der Waals surface area contributed by atoms with Gasteiger partial charge in [-0.1, -0.05) is 12.1 Å².